The van der Waals surface area contributed by atoms with Gasteiger partial charge in [-0.15, -0.1) is 0 Å². The first kappa shape index (κ1) is 15.2. The van der Waals surface area contributed by atoms with Gasteiger partial charge in [-0.3, -0.25) is 0 Å². The fourth-order valence-electron chi connectivity index (χ4n) is 1.44. The van der Waals surface area contributed by atoms with Crippen LogP contribution in [0.1, 0.15) is 53.9 Å². The van der Waals surface area contributed by atoms with Crippen molar-refractivity contribution >= 4 is 5.97 Å². The minimum Gasteiger partial charge on any atom is -0.459 e. The molecule has 94 valence electrons. The van der Waals surface area contributed by atoms with Gasteiger partial charge in [0.15, 0.2) is 0 Å². The van der Waals surface area contributed by atoms with Gasteiger partial charge >= 0.3 is 5.97 Å². The molecule has 0 heterocycles. The summed E-state index contributed by atoms with van der Waals surface area (Å²) in [5, 5.41) is 9.72. The fraction of sp³-hybridized carbons (Fsp3) is 0.769. The van der Waals surface area contributed by atoms with Crippen molar-refractivity contribution in [1.29, 1.82) is 0 Å². The second-order valence-electron chi connectivity index (χ2n) is 4.80. The van der Waals surface area contributed by atoms with Crippen LogP contribution >= 0.6 is 0 Å². The lowest BCUT2D eigenvalue weighted by Gasteiger charge is -2.24. The van der Waals surface area contributed by atoms with Crippen molar-refractivity contribution in [2.75, 3.05) is 0 Å². The molecule has 0 aromatic heterocycles. The van der Waals surface area contributed by atoms with E-state index >= 15 is 0 Å². The molecule has 0 spiro atoms. The average Bonchev–Trinajstić information content (AvgIpc) is 2.14. The molecule has 0 saturated heterocycles. The van der Waals surface area contributed by atoms with Gasteiger partial charge in [-0.05, 0) is 34.1 Å². The Morgan fingerprint density at radius 3 is 2.44 bits per heavy atom. The summed E-state index contributed by atoms with van der Waals surface area (Å²) >= 11 is 0. The third-order valence-electron chi connectivity index (χ3n) is 2.37. The van der Waals surface area contributed by atoms with Crippen LogP contribution in [0.25, 0.3) is 0 Å². The van der Waals surface area contributed by atoms with Gasteiger partial charge in [-0.25, -0.2) is 4.79 Å². The van der Waals surface area contributed by atoms with E-state index in [1.54, 1.807) is 33.8 Å². The van der Waals surface area contributed by atoms with Crippen molar-refractivity contribution in [2.24, 2.45) is 0 Å². The second kappa shape index (κ2) is 6.69. The molecule has 0 saturated carbocycles. The van der Waals surface area contributed by atoms with Crippen LogP contribution in [-0.4, -0.2) is 22.8 Å². The second-order valence-corrected chi connectivity index (χ2v) is 4.80. The lowest BCUT2D eigenvalue weighted by Crippen LogP contribution is -2.30. The highest BCUT2D eigenvalue weighted by atomic mass is 16.5. The smallest absolute Gasteiger partial charge is 0.333 e. The van der Waals surface area contributed by atoms with Gasteiger partial charge in [0.1, 0.15) is 6.10 Å². The summed E-state index contributed by atoms with van der Waals surface area (Å²) in [5.41, 5.74) is -0.193. The molecule has 0 bridgehead atoms. The van der Waals surface area contributed by atoms with Gasteiger partial charge < -0.3 is 9.84 Å². The summed E-state index contributed by atoms with van der Waals surface area (Å²) in [7, 11) is 0. The highest BCUT2D eigenvalue weighted by Gasteiger charge is 2.23. The minimum absolute atomic E-state index is 0.201. The highest BCUT2D eigenvalue weighted by molar-refractivity contribution is 5.87. The van der Waals surface area contributed by atoms with E-state index in [2.05, 4.69) is 0 Å². The maximum atomic E-state index is 11.6. The summed E-state index contributed by atoms with van der Waals surface area (Å²) in [4.78, 5) is 11.6. The molecule has 0 aromatic rings. The zero-order valence-corrected chi connectivity index (χ0v) is 11.0. The van der Waals surface area contributed by atoms with Gasteiger partial charge in [0, 0.05) is 12.0 Å². The Kier molecular flexibility index (Phi) is 6.34. The van der Waals surface area contributed by atoms with Crippen molar-refractivity contribution in [3.63, 3.8) is 0 Å². The zero-order valence-electron chi connectivity index (χ0n) is 11.0. The molecule has 0 fully saturated rings. The van der Waals surface area contributed by atoms with Gasteiger partial charge in [0.25, 0.3) is 0 Å². The fourth-order valence-corrected chi connectivity index (χ4v) is 1.44. The summed E-state index contributed by atoms with van der Waals surface area (Å²) in [6.07, 6.45) is 3.72. The van der Waals surface area contributed by atoms with Gasteiger partial charge in [-0.2, -0.15) is 0 Å². The maximum absolute atomic E-state index is 11.6. The standard InChI is InChI=1S/C13H24O3/c1-6-8-11(9-13(4,5)15)16-12(14)10(3)7-2/h7,11,15H,6,8-9H2,1-5H3. The number of esters is 1. The first-order valence-electron chi connectivity index (χ1n) is 5.86. The molecule has 0 aromatic carbocycles. The third kappa shape index (κ3) is 6.62. The van der Waals surface area contributed by atoms with Crippen molar-refractivity contribution in [1.82, 2.24) is 0 Å². The van der Waals surface area contributed by atoms with Crippen LogP contribution in [0.4, 0.5) is 0 Å². The molecule has 1 atom stereocenters. The molecule has 3 nitrogen and oxygen atoms in total. The van der Waals surface area contributed by atoms with Crippen LogP contribution in [-0.2, 0) is 9.53 Å². The molecule has 0 amide bonds. The van der Waals surface area contributed by atoms with E-state index in [0.29, 0.717) is 12.0 Å². The number of allylic oxidation sites excluding steroid dienone is 1. The summed E-state index contributed by atoms with van der Waals surface area (Å²) < 4.78 is 5.35. The average molecular weight is 228 g/mol. The topological polar surface area (TPSA) is 46.5 Å². The van der Waals surface area contributed by atoms with E-state index in [1.165, 1.54) is 0 Å². The van der Waals surface area contributed by atoms with E-state index in [0.717, 1.165) is 12.8 Å². The number of aliphatic hydroxyl groups is 1. The van der Waals surface area contributed by atoms with E-state index < -0.39 is 5.60 Å². The summed E-state index contributed by atoms with van der Waals surface area (Å²) in [5.74, 6) is -0.287. The molecule has 0 radical (unpaired) electrons. The Morgan fingerprint density at radius 2 is 2.06 bits per heavy atom. The number of rotatable bonds is 6. The van der Waals surface area contributed by atoms with Crippen molar-refractivity contribution in [2.45, 2.75) is 65.6 Å². The molecule has 0 rings (SSSR count). The third-order valence-corrected chi connectivity index (χ3v) is 2.37. The zero-order chi connectivity index (χ0) is 12.8. The Labute approximate surface area is 98.5 Å². The first-order valence-corrected chi connectivity index (χ1v) is 5.86. The quantitative estimate of drug-likeness (QED) is 0.561. The molecule has 1 unspecified atom stereocenters. The molecule has 0 aliphatic rings. The molecule has 1 N–H and O–H groups in total. The van der Waals surface area contributed by atoms with Crippen LogP contribution in [0.15, 0.2) is 11.6 Å². The largest absolute Gasteiger partial charge is 0.459 e. The normalized spacial score (nSPS) is 14.8. The highest BCUT2D eigenvalue weighted by Crippen LogP contribution is 2.18. The predicted molar refractivity (Wildman–Crippen MR) is 65.1 cm³/mol. The van der Waals surface area contributed by atoms with Crippen LogP contribution in [0.3, 0.4) is 0 Å². The summed E-state index contributed by atoms with van der Waals surface area (Å²) in [6.45, 7) is 9.03. The van der Waals surface area contributed by atoms with Crippen LogP contribution < -0.4 is 0 Å². The van der Waals surface area contributed by atoms with Crippen molar-refractivity contribution < 1.29 is 14.6 Å². The molecule has 0 aliphatic carbocycles. The van der Waals surface area contributed by atoms with Crippen LogP contribution in [0.5, 0.6) is 0 Å². The summed E-state index contributed by atoms with van der Waals surface area (Å²) in [6, 6.07) is 0. The molecule has 3 heteroatoms. The van der Waals surface area contributed by atoms with Crippen molar-refractivity contribution in [3.05, 3.63) is 11.6 Å². The van der Waals surface area contributed by atoms with Crippen LogP contribution in [0.2, 0.25) is 0 Å². The number of carbonyl (C=O) groups excluding carboxylic acids is 1. The van der Waals surface area contributed by atoms with E-state index in [1.807, 2.05) is 6.92 Å². The maximum Gasteiger partial charge on any atom is 0.333 e. The van der Waals surface area contributed by atoms with Gasteiger partial charge in [0.05, 0.1) is 5.60 Å². The van der Waals surface area contributed by atoms with E-state index in [9.17, 15) is 9.90 Å². The molecule has 0 aliphatic heterocycles. The van der Waals surface area contributed by atoms with Crippen molar-refractivity contribution in [3.8, 4) is 0 Å². The Morgan fingerprint density at radius 1 is 1.50 bits per heavy atom. The number of hydrogen-bond donors (Lipinski definition) is 1. The Bertz CT molecular complexity index is 248. The van der Waals surface area contributed by atoms with E-state index in [-0.39, 0.29) is 12.1 Å². The van der Waals surface area contributed by atoms with Crippen LogP contribution in [0, 0.1) is 0 Å². The van der Waals surface area contributed by atoms with E-state index in [4.69, 9.17) is 4.74 Å². The number of ether oxygens (including phenoxy) is 1. The first-order chi connectivity index (χ1) is 7.30. The number of hydrogen-bond acceptors (Lipinski definition) is 3. The SMILES string of the molecule is CC=C(C)C(=O)OC(CCC)CC(C)(C)O. The van der Waals surface area contributed by atoms with Gasteiger partial charge in [-0.1, -0.05) is 19.4 Å². The lowest BCUT2D eigenvalue weighted by atomic mass is 9.98. The molecular formula is C13H24O3. The Hall–Kier alpha value is -0.830. The number of carbonyl (C=O) groups is 1. The minimum atomic E-state index is -0.802. The predicted octanol–water partition coefficient (Wildman–Crippen LogP) is 2.83. The molecular weight excluding hydrogens is 204 g/mol. The molecule has 16 heavy (non-hydrogen) atoms. The Balaban J connectivity index is 4.39. The monoisotopic (exact) mass is 228 g/mol. The lowest BCUT2D eigenvalue weighted by molar-refractivity contribution is -0.147. The van der Waals surface area contributed by atoms with Gasteiger partial charge in [0.2, 0.25) is 0 Å².